The van der Waals surface area contributed by atoms with Crippen molar-refractivity contribution in [2.24, 2.45) is 0 Å². The molecule has 0 radical (unpaired) electrons. The van der Waals surface area contributed by atoms with E-state index in [1.165, 1.54) is 11.3 Å². The van der Waals surface area contributed by atoms with Crippen LogP contribution in [0.3, 0.4) is 0 Å². The summed E-state index contributed by atoms with van der Waals surface area (Å²) in [6, 6.07) is 17.6. The second-order valence-corrected chi connectivity index (χ2v) is 7.80. The van der Waals surface area contributed by atoms with Crippen LogP contribution in [0.2, 0.25) is 0 Å². The molecule has 1 amide bonds. The molecule has 0 aliphatic heterocycles. The van der Waals surface area contributed by atoms with Gasteiger partial charge in [0.1, 0.15) is 5.75 Å². The summed E-state index contributed by atoms with van der Waals surface area (Å²) in [5.74, 6) is 0.455. The lowest BCUT2D eigenvalue weighted by atomic mass is 10.1. The number of nitrogens with one attached hydrogen (secondary N) is 1. The van der Waals surface area contributed by atoms with Crippen molar-refractivity contribution in [2.45, 2.75) is 18.9 Å². The number of amides is 1. The van der Waals surface area contributed by atoms with Gasteiger partial charge in [0.05, 0.1) is 13.5 Å². The van der Waals surface area contributed by atoms with E-state index in [-0.39, 0.29) is 12.8 Å². The predicted molar refractivity (Wildman–Crippen MR) is 123 cm³/mol. The summed E-state index contributed by atoms with van der Waals surface area (Å²) in [6.45, 7) is 0. The number of thiophene rings is 1. The third kappa shape index (κ3) is 5.83. The first kappa shape index (κ1) is 22.2. The standard InChI is InChI=1S/C24H21N3O5S/c1-30-19-9-7-18(8-10-19)25-24(29)22(16-5-3-2-4-6-16)31-21(28)12-11-20-26-23(27-32-20)17-13-14-33-15-17/h2-10,13-15,22H,11-12H2,1H3,(H,25,29). The first-order valence-electron chi connectivity index (χ1n) is 10.2. The molecule has 0 bridgehead atoms. The predicted octanol–water partition coefficient (Wildman–Crippen LogP) is 4.66. The van der Waals surface area contributed by atoms with Crippen molar-refractivity contribution in [3.63, 3.8) is 0 Å². The average molecular weight is 464 g/mol. The fraction of sp³-hybridized carbons (Fsp3) is 0.167. The highest BCUT2D eigenvalue weighted by Gasteiger charge is 2.25. The Balaban J connectivity index is 1.40. The highest BCUT2D eigenvalue weighted by Crippen LogP contribution is 2.23. The number of aromatic nitrogens is 2. The summed E-state index contributed by atoms with van der Waals surface area (Å²) >= 11 is 1.53. The molecule has 4 rings (SSSR count). The van der Waals surface area contributed by atoms with Gasteiger partial charge in [0.2, 0.25) is 17.8 Å². The Morgan fingerprint density at radius 1 is 1.09 bits per heavy atom. The second-order valence-electron chi connectivity index (χ2n) is 7.02. The van der Waals surface area contributed by atoms with Gasteiger partial charge >= 0.3 is 5.97 Å². The molecule has 0 aliphatic rings. The number of methoxy groups -OCH3 is 1. The number of rotatable bonds is 9. The summed E-state index contributed by atoms with van der Waals surface area (Å²) in [7, 11) is 1.57. The molecular formula is C24H21N3O5S. The normalized spacial score (nSPS) is 11.5. The van der Waals surface area contributed by atoms with E-state index in [2.05, 4.69) is 15.5 Å². The molecule has 2 heterocycles. The summed E-state index contributed by atoms with van der Waals surface area (Å²) in [6.07, 6.45) is -0.910. The Hall–Kier alpha value is -3.98. The molecule has 1 atom stereocenters. The van der Waals surface area contributed by atoms with Crippen LogP contribution in [0.5, 0.6) is 5.75 Å². The van der Waals surface area contributed by atoms with Crippen LogP contribution in [0.15, 0.2) is 75.9 Å². The van der Waals surface area contributed by atoms with E-state index in [0.29, 0.717) is 28.7 Å². The van der Waals surface area contributed by atoms with Crippen molar-refractivity contribution in [3.8, 4) is 17.1 Å². The van der Waals surface area contributed by atoms with Gasteiger partial charge in [0.15, 0.2) is 0 Å². The molecule has 4 aromatic rings. The number of benzene rings is 2. The lowest BCUT2D eigenvalue weighted by Crippen LogP contribution is -2.26. The molecule has 1 N–H and O–H groups in total. The number of ether oxygens (including phenoxy) is 2. The van der Waals surface area contributed by atoms with Crippen LogP contribution < -0.4 is 10.1 Å². The zero-order valence-electron chi connectivity index (χ0n) is 17.8. The van der Waals surface area contributed by atoms with Crippen LogP contribution in [0, 0.1) is 0 Å². The van der Waals surface area contributed by atoms with Crippen LogP contribution in [0.1, 0.15) is 24.0 Å². The number of hydrogen-bond donors (Lipinski definition) is 1. The van der Waals surface area contributed by atoms with Crippen LogP contribution in [0.25, 0.3) is 11.4 Å². The first-order valence-corrected chi connectivity index (χ1v) is 11.1. The first-order chi connectivity index (χ1) is 16.1. The van der Waals surface area contributed by atoms with Gasteiger partial charge in [0, 0.05) is 28.6 Å². The van der Waals surface area contributed by atoms with E-state index in [9.17, 15) is 9.59 Å². The van der Waals surface area contributed by atoms with Gasteiger partial charge in [-0.2, -0.15) is 16.3 Å². The maximum Gasteiger partial charge on any atom is 0.307 e. The van der Waals surface area contributed by atoms with Gasteiger partial charge in [-0.25, -0.2) is 0 Å². The summed E-state index contributed by atoms with van der Waals surface area (Å²) in [5.41, 5.74) is 1.98. The minimum absolute atomic E-state index is 0.00950. The van der Waals surface area contributed by atoms with Gasteiger partial charge in [0.25, 0.3) is 5.91 Å². The summed E-state index contributed by atoms with van der Waals surface area (Å²) in [4.78, 5) is 29.8. The second kappa shape index (κ2) is 10.6. The van der Waals surface area contributed by atoms with Gasteiger partial charge < -0.3 is 19.3 Å². The van der Waals surface area contributed by atoms with E-state index in [1.807, 2.05) is 22.9 Å². The molecule has 1 unspecified atom stereocenters. The van der Waals surface area contributed by atoms with Crippen molar-refractivity contribution in [3.05, 3.63) is 82.9 Å². The zero-order chi connectivity index (χ0) is 23.0. The Labute approximate surface area is 194 Å². The number of nitrogens with zero attached hydrogens (tertiary/aromatic N) is 2. The molecule has 33 heavy (non-hydrogen) atoms. The van der Waals surface area contributed by atoms with Crippen molar-refractivity contribution in [1.29, 1.82) is 0 Å². The molecule has 0 saturated carbocycles. The number of carbonyl (C=O) groups excluding carboxylic acids is 2. The Morgan fingerprint density at radius 2 is 1.88 bits per heavy atom. The average Bonchev–Trinajstić information content (AvgIpc) is 3.54. The van der Waals surface area contributed by atoms with Gasteiger partial charge in [-0.3, -0.25) is 9.59 Å². The van der Waals surface area contributed by atoms with E-state index < -0.39 is 18.0 Å². The number of hydrogen-bond acceptors (Lipinski definition) is 8. The molecular weight excluding hydrogens is 442 g/mol. The minimum atomic E-state index is -1.11. The third-order valence-electron chi connectivity index (χ3n) is 4.74. The molecule has 8 nitrogen and oxygen atoms in total. The number of aryl methyl sites for hydroxylation is 1. The maximum atomic E-state index is 13.0. The third-order valence-corrected chi connectivity index (χ3v) is 5.42. The molecule has 2 aromatic carbocycles. The highest BCUT2D eigenvalue weighted by molar-refractivity contribution is 7.08. The minimum Gasteiger partial charge on any atom is -0.497 e. The van der Waals surface area contributed by atoms with Crippen LogP contribution in [-0.4, -0.2) is 29.1 Å². The van der Waals surface area contributed by atoms with Crippen molar-refractivity contribution >= 4 is 28.9 Å². The zero-order valence-corrected chi connectivity index (χ0v) is 18.6. The maximum absolute atomic E-state index is 13.0. The van der Waals surface area contributed by atoms with E-state index in [1.54, 1.807) is 55.6 Å². The van der Waals surface area contributed by atoms with E-state index in [0.717, 1.165) is 5.56 Å². The van der Waals surface area contributed by atoms with Crippen LogP contribution in [-0.2, 0) is 20.7 Å². The highest BCUT2D eigenvalue weighted by atomic mass is 32.1. The van der Waals surface area contributed by atoms with Gasteiger partial charge in [-0.05, 0) is 35.7 Å². The number of anilines is 1. The SMILES string of the molecule is COc1ccc(NC(=O)C(OC(=O)CCc2nc(-c3ccsc3)no2)c2ccccc2)cc1. The molecule has 0 spiro atoms. The smallest absolute Gasteiger partial charge is 0.307 e. The number of carbonyl (C=O) groups is 2. The Bertz CT molecular complexity index is 1190. The monoisotopic (exact) mass is 463 g/mol. The van der Waals surface area contributed by atoms with Crippen molar-refractivity contribution in [1.82, 2.24) is 10.1 Å². The molecule has 9 heteroatoms. The van der Waals surface area contributed by atoms with E-state index >= 15 is 0 Å². The lowest BCUT2D eigenvalue weighted by Gasteiger charge is -2.18. The fourth-order valence-electron chi connectivity index (χ4n) is 3.05. The summed E-state index contributed by atoms with van der Waals surface area (Å²) < 4.78 is 15.9. The molecule has 0 aliphatic carbocycles. The number of esters is 1. The lowest BCUT2D eigenvalue weighted by molar-refractivity contribution is -0.154. The van der Waals surface area contributed by atoms with Crippen molar-refractivity contribution in [2.75, 3.05) is 12.4 Å². The molecule has 0 fully saturated rings. The largest absolute Gasteiger partial charge is 0.497 e. The fourth-order valence-corrected chi connectivity index (χ4v) is 3.68. The summed E-state index contributed by atoms with van der Waals surface area (Å²) in [5, 5.41) is 10.5. The quantitative estimate of drug-likeness (QED) is 0.360. The van der Waals surface area contributed by atoms with E-state index in [4.69, 9.17) is 14.0 Å². The Kier molecular flexibility index (Phi) is 7.11. The van der Waals surface area contributed by atoms with Gasteiger partial charge in [-0.1, -0.05) is 35.5 Å². The topological polar surface area (TPSA) is 104 Å². The molecule has 2 aromatic heterocycles. The van der Waals surface area contributed by atoms with Crippen LogP contribution >= 0.6 is 11.3 Å². The Morgan fingerprint density at radius 3 is 2.58 bits per heavy atom. The van der Waals surface area contributed by atoms with Gasteiger partial charge in [-0.15, -0.1) is 0 Å². The molecule has 168 valence electrons. The van der Waals surface area contributed by atoms with Crippen molar-refractivity contribution < 1.29 is 23.6 Å². The van der Waals surface area contributed by atoms with Crippen LogP contribution in [0.4, 0.5) is 5.69 Å². The molecule has 0 saturated heterocycles.